The molecule has 2 aromatic carbocycles. The molecule has 3 rings (SSSR count). The number of aromatic amines is 1. The number of Topliss-reactive ketones (excluding diaryl/α,β-unsaturated/α-hetero) is 1. The van der Waals surface area contributed by atoms with Gasteiger partial charge in [0.25, 0.3) is 5.56 Å². The van der Waals surface area contributed by atoms with E-state index in [2.05, 4.69) is 25.9 Å². The summed E-state index contributed by atoms with van der Waals surface area (Å²) in [4.78, 5) is 38.0. The third kappa shape index (κ3) is 10.0. The molecule has 10 heteroatoms. The Hall–Kier alpha value is -3.67. The molecule has 220 valence electrons. The second-order valence-electron chi connectivity index (χ2n) is 9.21. The van der Waals surface area contributed by atoms with Crippen molar-refractivity contribution in [2.24, 2.45) is 5.92 Å². The number of nitrogens with zero attached hydrogens (tertiary/aromatic N) is 3. The summed E-state index contributed by atoms with van der Waals surface area (Å²) in [7, 11) is 0. The monoisotopic (exact) mass is 600 g/mol. The fraction of sp³-hybridized carbons (Fsp3) is 0.387. The fourth-order valence-electron chi connectivity index (χ4n) is 3.22. The van der Waals surface area contributed by atoms with E-state index in [-0.39, 0.29) is 27.3 Å². The first kappa shape index (κ1) is 35.4. The molecule has 1 heterocycles. The lowest BCUT2D eigenvalue weighted by atomic mass is 9.96. The molecule has 0 aliphatic heterocycles. The van der Waals surface area contributed by atoms with Crippen LogP contribution in [0.5, 0.6) is 11.5 Å². The zero-order chi connectivity index (χ0) is 31.3. The molecule has 0 saturated heterocycles. The summed E-state index contributed by atoms with van der Waals surface area (Å²) >= 11 is 12.8. The van der Waals surface area contributed by atoms with Gasteiger partial charge >= 0.3 is 5.69 Å². The number of benzene rings is 2. The Morgan fingerprint density at radius 1 is 1.15 bits per heavy atom. The maximum absolute atomic E-state index is 12.2. The molecule has 0 unspecified atom stereocenters. The van der Waals surface area contributed by atoms with Crippen molar-refractivity contribution in [3.63, 3.8) is 0 Å². The van der Waals surface area contributed by atoms with Crippen LogP contribution in [0.25, 0.3) is 11.3 Å². The number of hydrogen-bond donors (Lipinski definition) is 1. The van der Waals surface area contributed by atoms with Gasteiger partial charge in [0.05, 0.1) is 15.7 Å². The van der Waals surface area contributed by atoms with Crippen LogP contribution in [-0.4, -0.2) is 20.5 Å². The van der Waals surface area contributed by atoms with Gasteiger partial charge in [-0.05, 0) is 61.6 Å². The van der Waals surface area contributed by atoms with Crippen molar-refractivity contribution in [2.75, 3.05) is 0 Å². The average Bonchev–Trinajstić information content (AvgIpc) is 2.93. The van der Waals surface area contributed by atoms with Gasteiger partial charge in [0.1, 0.15) is 11.8 Å². The van der Waals surface area contributed by atoms with E-state index in [9.17, 15) is 14.4 Å². The molecule has 0 atom stereocenters. The predicted molar refractivity (Wildman–Crippen MR) is 166 cm³/mol. The lowest BCUT2D eigenvalue weighted by Gasteiger charge is -2.14. The highest BCUT2D eigenvalue weighted by Gasteiger charge is 2.17. The molecule has 8 nitrogen and oxygen atoms in total. The number of halogens is 2. The third-order valence-corrected chi connectivity index (χ3v) is 6.27. The van der Waals surface area contributed by atoms with Crippen LogP contribution in [-0.2, 0) is 4.79 Å². The van der Waals surface area contributed by atoms with E-state index < -0.39 is 16.9 Å². The lowest BCUT2D eigenvalue weighted by Crippen LogP contribution is -2.33. The van der Waals surface area contributed by atoms with E-state index in [0.717, 1.165) is 34.6 Å². The first-order valence-corrected chi connectivity index (χ1v) is 14.3. The third-order valence-electron chi connectivity index (χ3n) is 5.71. The van der Waals surface area contributed by atoms with E-state index >= 15 is 0 Å². The number of aryl methyl sites for hydroxylation is 1. The highest BCUT2D eigenvalue weighted by molar-refractivity contribution is 6.37. The van der Waals surface area contributed by atoms with Crippen LogP contribution in [0.4, 0.5) is 0 Å². The SMILES string of the molecule is CC.CCC(C)C.CCC/C=C(/C(C)=O)c1cc(Oc2c(Cl)cc(-n3nc(C#N)c(=O)[nH]c3=O)cc2Cl)ccc1C. The number of allylic oxidation sites excluding steroid dienone is 2. The molecule has 0 saturated carbocycles. The first-order valence-electron chi connectivity index (χ1n) is 13.6. The minimum absolute atomic E-state index is 0.0512. The molecule has 0 spiro atoms. The van der Waals surface area contributed by atoms with Crippen LogP contribution in [0.2, 0.25) is 10.0 Å². The number of ketones is 1. The van der Waals surface area contributed by atoms with Crippen molar-refractivity contribution >= 4 is 34.6 Å². The highest BCUT2D eigenvalue weighted by atomic mass is 35.5. The van der Waals surface area contributed by atoms with Crippen LogP contribution >= 0.6 is 23.2 Å². The summed E-state index contributed by atoms with van der Waals surface area (Å²) in [6.45, 7) is 16.1. The van der Waals surface area contributed by atoms with Gasteiger partial charge < -0.3 is 4.74 Å². The number of carbonyl (C=O) groups excluding carboxylic acids is 1. The molecule has 0 radical (unpaired) electrons. The molecule has 0 aliphatic carbocycles. The largest absolute Gasteiger partial charge is 0.454 e. The van der Waals surface area contributed by atoms with Crippen molar-refractivity contribution in [2.45, 2.75) is 74.7 Å². The van der Waals surface area contributed by atoms with E-state index in [0.29, 0.717) is 11.3 Å². The fourth-order valence-corrected chi connectivity index (χ4v) is 3.77. The van der Waals surface area contributed by atoms with Gasteiger partial charge in [0, 0.05) is 5.57 Å². The Balaban J connectivity index is 0.00000108. The van der Waals surface area contributed by atoms with E-state index in [1.165, 1.54) is 25.5 Å². The van der Waals surface area contributed by atoms with E-state index in [1.54, 1.807) is 18.2 Å². The molecule has 1 aromatic heterocycles. The highest BCUT2D eigenvalue weighted by Crippen LogP contribution is 2.39. The van der Waals surface area contributed by atoms with Crippen LogP contribution in [0.3, 0.4) is 0 Å². The van der Waals surface area contributed by atoms with Crippen molar-refractivity contribution in [1.82, 2.24) is 14.8 Å². The molecule has 1 N–H and O–H groups in total. The van der Waals surface area contributed by atoms with Crippen molar-refractivity contribution in [3.8, 4) is 23.3 Å². The van der Waals surface area contributed by atoms with Crippen LogP contribution in [0.15, 0.2) is 46.0 Å². The number of hydrogen-bond acceptors (Lipinski definition) is 6. The number of nitrogens with one attached hydrogen (secondary N) is 1. The summed E-state index contributed by atoms with van der Waals surface area (Å²) in [6.07, 6.45) is 4.89. The van der Waals surface area contributed by atoms with Gasteiger partial charge in [0.2, 0.25) is 5.69 Å². The van der Waals surface area contributed by atoms with Gasteiger partial charge in [-0.2, -0.15) is 9.94 Å². The molecule has 0 fully saturated rings. The molecular formula is C31H38Cl2N4O4. The molecule has 0 aliphatic rings. The smallest absolute Gasteiger partial charge is 0.349 e. The number of nitriles is 1. The minimum Gasteiger partial charge on any atom is -0.454 e. The number of H-pyrrole nitrogens is 1. The number of rotatable bonds is 8. The summed E-state index contributed by atoms with van der Waals surface area (Å²) in [5.41, 5.74) is 0.152. The lowest BCUT2D eigenvalue weighted by molar-refractivity contribution is -0.111. The standard InChI is InChI=1S/C24H20Cl2N4O4.C5H12.C2H6/c1-4-5-6-17(14(3)31)18-11-16(8-7-13(18)2)34-22-19(25)9-15(10-20(22)26)30-24(33)28-23(32)21(12-27)29-30;1-4-5(2)3;1-2/h6-11H,4-5H2,1-3H3,(H,28,32,33);5H,4H2,1-3H3;1-2H3/b17-6-;;. The summed E-state index contributed by atoms with van der Waals surface area (Å²) in [5.74, 6) is 1.37. The van der Waals surface area contributed by atoms with Gasteiger partial charge in [-0.3, -0.25) is 14.6 Å². The first-order chi connectivity index (χ1) is 19.4. The number of carbonyl (C=O) groups is 1. The normalized spacial score (nSPS) is 10.6. The quantitative estimate of drug-likeness (QED) is 0.261. The molecule has 3 aromatic rings. The second-order valence-corrected chi connectivity index (χ2v) is 10.0. The molecular weight excluding hydrogens is 563 g/mol. The van der Waals surface area contributed by atoms with Gasteiger partial charge in [0.15, 0.2) is 11.5 Å². The minimum atomic E-state index is -0.894. The van der Waals surface area contributed by atoms with Crippen molar-refractivity contribution in [3.05, 3.63) is 84.1 Å². The molecule has 0 amide bonds. The topological polar surface area (TPSA) is 118 Å². The zero-order valence-electron chi connectivity index (χ0n) is 24.9. The van der Waals surface area contributed by atoms with Gasteiger partial charge in [-0.1, -0.05) is 89.7 Å². The molecule has 0 bridgehead atoms. The Kier molecular flexibility index (Phi) is 14.8. The van der Waals surface area contributed by atoms with Gasteiger partial charge in [-0.25, -0.2) is 4.79 Å². The second kappa shape index (κ2) is 17.2. The van der Waals surface area contributed by atoms with E-state index in [4.69, 9.17) is 33.2 Å². The Bertz CT molecular complexity index is 1510. The summed E-state index contributed by atoms with van der Waals surface area (Å²) < 4.78 is 6.74. The predicted octanol–water partition coefficient (Wildman–Crippen LogP) is 8.05. The van der Waals surface area contributed by atoms with E-state index in [1.807, 2.05) is 44.8 Å². The van der Waals surface area contributed by atoms with Crippen molar-refractivity contribution < 1.29 is 9.53 Å². The Morgan fingerprint density at radius 3 is 2.22 bits per heavy atom. The van der Waals surface area contributed by atoms with Crippen molar-refractivity contribution in [1.29, 1.82) is 5.26 Å². The number of unbranched alkanes of at least 4 members (excludes halogenated alkanes) is 1. The van der Waals surface area contributed by atoms with Crippen LogP contribution in [0.1, 0.15) is 84.5 Å². The van der Waals surface area contributed by atoms with Crippen LogP contribution < -0.4 is 16.0 Å². The summed E-state index contributed by atoms with van der Waals surface area (Å²) in [6, 6.07) is 9.65. The summed E-state index contributed by atoms with van der Waals surface area (Å²) in [5, 5.41) is 12.9. The number of aromatic nitrogens is 3. The van der Waals surface area contributed by atoms with Crippen LogP contribution in [0, 0.1) is 24.2 Å². The Labute approximate surface area is 251 Å². The maximum atomic E-state index is 12.2. The zero-order valence-corrected chi connectivity index (χ0v) is 26.4. The van der Waals surface area contributed by atoms with Gasteiger partial charge in [-0.15, -0.1) is 5.10 Å². The average molecular weight is 602 g/mol. The molecule has 41 heavy (non-hydrogen) atoms. The number of ether oxygens (including phenoxy) is 1. The Morgan fingerprint density at radius 2 is 1.73 bits per heavy atom. The maximum Gasteiger partial charge on any atom is 0.349 e.